The van der Waals surface area contributed by atoms with Crippen molar-refractivity contribution in [1.29, 1.82) is 0 Å². The second-order valence-electron chi connectivity index (χ2n) is 4.88. The largest absolute Gasteiger partial charge is 0.478 e. The van der Waals surface area contributed by atoms with Gasteiger partial charge in [0.2, 0.25) is 0 Å². The van der Waals surface area contributed by atoms with Gasteiger partial charge in [-0.25, -0.2) is 19.3 Å². The average Bonchev–Trinajstić information content (AvgIpc) is 2.95. The summed E-state index contributed by atoms with van der Waals surface area (Å²) in [6, 6.07) is 13.5. The number of carbonyl (C=O) groups is 1. The lowest BCUT2D eigenvalue weighted by Gasteiger charge is -2.07. The van der Waals surface area contributed by atoms with E-state index in [9.17, 15) is 9.59 Å². The number of hydrogen-bond donors (Lipinski definition) is 2. The summed E-state index contributed by atoms with van der Waals surface area (Å²) in [6.45, 7) is 0. The van der Waals surface area contributed by atoms with Crippen LogP contribution in [0, 0.1) is 0 Å². The van der Waals surface area contributed by atoms with Crippen LogP contribution < -0.4 is 5.69 Å². The first kappa shape index (κ1) is 16.4. The first-order chi connectivity index (χ1) is 11.5. The molecule has 0 aliphatic rings. The molecule has 0 fully saturated rings. The molecule has 6 nitrogen and oxygen atoms in total. The number of benzene rings is 2. The SMILES string of the molecule is O=C(O)c1cccc(-n2c(CSc3ccc(Cl)cc3)n[nH]c2=O)c1. The number of aromatic carboxylic acids is 1. The Morgan fingerprint density at radius 1 is 1.25 bits per heavy atom. The second-order valence-corrected chi connectivity index (χ2v) is 6.36. The lowest BCUT2D eigenvalue weighted by molar-refractivity contribution is 0.0697. The van der Waals surface area contributed by atoms with Crippen LogP contribution in [0.3, 0.4) is 0 Å². The number of nitrogens with zero attached hydrogens (tertiary/aromatic N) is 2. The van der Waals surface area contributed by atoms with E-state index in [1.54, 1.807) is 24.3 Å². The third-order valence-electron chi connectivity index (χ3n) is 3.27. The normalized spacial score (nSPS) is 10.7. The van der Waals surface area contributed by atoms with Gasteiger partial charge in [0.25, 0.3) is 0 Å². The Kier molecular flexibility index (Phi) is 4.73. The van der Waals surface area contributed by atoms with E-state index in [1.165, 1.54) is 28.5 Å². The van der Waals surface area contributed by atoms with Gasteiger partial charge in [-0.05, 0) is 42.5 Å². The Labute approximate surface area is 146 Å². The summed E-state index contributed by atoms with van der Waals surface area (Å²) >= 11 is 7.36. The third-order valence-corrected chi connectivity index (χ3v) is 4.53. The van der Waals surface area contributed by atoms with Gasteiger partial charge in [-0.15, -0.1) is 11.8 Å². The Hall–Kier alpha value is -2.51. The molecule has 0 aliphatic carbocycles. The summed E-state index contributed by atoms with van der Waals surface area (Å²) in [5.74, 6) is -0.106. The van der Waals surface area contributed by atoms with Gasteiger partial charge in [0.1, 0.15) is 5.82 Å². The molecule has 0 saturated carbocycles. The Morgan fingerprint density at radius 2 is 2.00 bits per heavy atom. The predicted molar refractivity (Wildman–Crippen MR) is 92.2 cm³/mol. The van der Waals surface area contributed by atoms with Gasteiger partial charge in [0.05, 0.1) is 17.0 Å². The molecular formula is C16H12ClN3O3S. The van der Waals surface area contributed by atoms with Crippen molar-refractivity contribution in [2.45, 2.75) is 10.6 Å². The highest BCUT2D eigenvalue weighted by Crippen LogP contribution is 2.24. The summed E-state index contributed by atoms with van der Waals surface area (Å²) in [4.78, 5) is 24.1. The number of aromatic amines is 1. The van der Waals surface area contributed by atoms with E-state index >= 15 is 0 Å². The number of nitrogens with one attached hydrogen (secondary N) is 1. The first-order valence-corrected chi connectivity index (χ1v) is 8.29. The fourth-order valence-electron chi connectivity index (χ4n) is 2.15. The van der Waals surface area contributed by atoms with Crippen molar-refractivity contribution >= 4 is 29.3 Å². The van der Waals surface area contributed by atoms with Crippen molar-refractivity contribution < 1.29 is 9.90 Å². The molecule has 0 spiro atoms. The van der Waals surface area contributed by atoms with Crippen molar-refractivity contribution in [1.82, 2.24) is 14.8 Å². The van der Waals surface area contributed by atoms with Crippen LogP contribution >= 0.6 is 23.4 Å². The molecule has 1 aromatic heterocycles. The number of carboxylic acids is 1. The van der Waals surface area contributed by atoms with Gasteiger partial charge in [-0.3, -0.25) is 0 Å². The van der Waals surface area contributed by atoms with Crippen molar-refractivity contribution in [2.75, 3.05) is 0 Å². The number of carboxylic acid groups (broad SMARTS) is 1. The maximum absolute atomic E-state index is 12.0. The van der Waals surface area contributed by atoms with Gasteiger partial charge < -0.3 is 5.11 Å². The average molecular weight is 362 g/mol. The number of H-pyrrole nitrogens is 1. The number of thioether (sulfide) groups is 1. The fraction of sp³-hybridized carbons (Fsp3) is 0.0625. The van der Waals surface area contributed by atoms with Crippen molar-refractivity contribution in [3.8, 4) is 5.69 Å². The molecule has 2 N–H and O–H groups in total. The zero-order chi connectivity index (χ0) is 17.1. The Morgan fingerprint density at radius 3 is 2.71 bits per heavy atom. The van der Waals surface area contributed by atoms with E-state index in [0.717, 1.165) is 4.90 Å². The zero-order valence-corrected chi connectivity index (χ0v) is 13.8. The minimum absolute atomic E-state index is 0.108. The maximum atomic E-state index is 12.0. The molecule has 0 unspecified atom stereocenters. The number of halogens is 1. The number of hydrogen-bond acceptors (Lipinski definition) is 4. The summed E-state index contributed by atoms with van der Waals surface area (Å²) in [6.07, 6.45) is 0. The van der Waals surface area contributed by atoms with Crippen LogP contribution in [-0.2, 0) is 5.75 Å². The van der Waals surface area contributed by atoms with E-state index < -0.39 is 11.7 Å². The smallest absolute Gasteiger partial charge is 0.347 e. The molecule has 3 aromatic rings. The lowest BCUT2D eigenvalue weighted by Crippen LogP contribution is -2.17. The van der Waals surface area contributed by atoms with Crippen LogP contribution in [0.4, 0.5) is 0 Å². The molecule has 0 amide bonds. The number of aromatic nitrogens is 3. The fourth-order valence-corrected chi connectivity index (χ4v) is 3.09. The highest BCUT2D eigenvalue weighted by atomic mass is 35.5. The van der Waals surface area contributed by atoms with Gasteiger partial charge in [0, 0.05) is 9.92 Å². The molecule has 0 radical (unpaired) electrons. The molecule has 8 heteroatoms. The molecule has 122 valence electrons. The van der Waals surface area contributed by atoms with E-state index in [1.807, 2.05) is 12.1 Å². The predicted octanol–water partition coefficient (Wildman–Crippen LogP) is 3.20. The third kappa shape index (κ3) is 3.52. The lowest BCUT2D eigenvalue weighted by atomic mass is 10.2. The van der Waals surface area contributed by atoms with Gasteiger partial charge in [0.15, 0.2) is 0 Å². The van der Waals surface area contributed by atoms with Gasteiger partial charge in [-0.2, -0.15) is 5.10 Å². The standard InChI is InChI=1S/C16H12ClN3O3S/c17-11-4-6-13(7-5-11)24-9-14-18-19-16(23)20(14)12-3-1-2-10(8-12)15(21)22/h1-8H,9H2,(H,19,23)(H,21,22). The Bertz CT molecular complexity index is 934. The van der Waals surface area contributed by atoms with E-state index in [0.29, 0.717) is 22.3 Å². The van der Waals surface area contributed by atoms with E-state index in [2.05, 4.69) is 10.2 Å². The summed E-state index contributed by atoms with van der Waals surface area (Å²) in [5, 5.41) is 16.2. The van der Waals surface area contributed by atoms with Crippen molar-refractivity contribution in [3.05, 3.63) is 75.4 Å². The van der Waals surface area contributed by atoms with Crippen LogP contribution in [-0.4, -0.2) is 25.8 Å². The van der Waals surface area contributed by atoms with Gasteiger partial charge in [-0.1, -0.05) is 17.7 Å². The van der Waals surface area contributed by atoms with Crippen molar-refractivity contribution in [2.24, 2.45) is 0 Å². The molecule has 24 heavy (non-hydrogen) atoms. The van der Waals surface area contributed by atoms with Gasteiger partial charge >= 0.3 is 11.7 Å². The molecule has 3 rings (SSSR count). The molecule has 0 saturated heterocycles. The zero-order valence-electron chi connectivity index (χ0n) is 12.3. The van der Waals surface area contributed by atoms with Crippen LogP contribution in [0.5, 0.6) is 0 Å². The molecular weight excluding hydrogens is 350 g/mol. The van der Waals surface area contributed by atoms with E-state index in [4.69, 9.17) is 16.7 Å². The van der Waals surface area contributed by atoms with Crippen LogP contribution in [0.1, 0.15) is 16.2 Å². The van der Waals surface area contributed by atoms with Crippen molar-refractivity contribution in [3.63, 3.8) is 0 Å². The minimum atomic E-state index is -1.05. The second kappa shape index (κ2) is 6.94. The maximum Gasteiger partial charge on any atom is 0.347 e. The highest BCUT2D eigenvalue weighted by molar-refractivity contribution is 7.98. The highest BCUT2D eigenvalue weighted by Gasteiger charge is 2.12. The molecule has 1 heterocycles. The molecule has 0 atom stereocenters. The monoisotopic (exact) mass is 361 g/mol. The van der Waals surface area contributed by atoms with Crippen LogP contribution in [0.15, 0.2) is 58.2 Å². The topological polar surface area (TPSA) is 88.0 Å². The quantitative estimate of drug-likeness (QED) is 0.681. The summed E-state index contributed by atoms with van der Waals surface area (Å²) in [5.41, 5.74) is 0.154. The first-order valence-electron chi connectivity index (χ1n) is 6.93. The van der Waals surface area contributed by atoms with Crippen LogP contribution in [0.2, 0.25) is 5.02 Å². The number of rotatable bonds is 5. The molecule has 2 aromatic carbocycles. The summed E-state index contributed by atoms with van der Waals surface area (Å²) in [7, 11) is 0. The molecule has 0 bridgehead atoms. The van der Waals surface area contributed by atoms with E-state index in [-0.39, 0.29) is 5.56 Å². The molecule has 0 aliphatic heterocycles. The van der Waals surface area contributed by atoms with Crippen LogP contribution in [0.25, 0.3) is 5.69 Å². The Balaban J connectivity index is 1.89. The summed E-state index contributed by atoms with van der Waals surface area (Å²) < 4.78 is 1.37. The minimum Gasteiger partial charge on any atom is -0.478 e.